The van der Waals surface area contributed by atoms with Crippen molar-refractivity contribution in [3.8, 4) is 11.9 Å². The first-order valence-electron chi connectivity index (χ1n) is 6.33. The van der Waals surface area contributed by atoms with Gasteiger partial charge < -0.3 is 9.47 Å². The molecule has 0 amide bonds. The fourth-order valence-corrected chi connectivity index (χ4v) is 1.87. The van der Waals surface area contributed by atoms with Gasteiger partial charge >= 0.3 is 0 Å². The summed E-state index contributed by atoms with van der Waals surface area (Å²) < 4.78 is 10.9. The lowest BCUT2D eigenvalue weighted by atomic mass is 10.1. The van der Waals surface area contributed by atoms with Gasteiger partial charge in [0.25, 0.3) is 0 Å². The van der Waals surface area contributed by atoms with Crippen LogP contribution in [0.3, 0.4) is 0 Å². The van der Waals surface area contributed by atoms with Gasteiger partial charge in [0.1, 0.15) is 11.6 Å². The van der Waals surface area contributed by atoms with Crippen LogP contribution in [-0.2, 0) is 11.3 Å². The highest BCUT2D eigenvalue weighted by atomic mass is 16.7. The van der Waals surface area contributed by atoms with Crippen molar-refractivity contribution < 1.29 is 9.47 Å². The number of benzene rings is 1. The van der Waals surface area contributed by atoms with Gasteiger partial charge in [-0.15, -0.1) is 0 Å². The Hall–Kier alpha value is -2.38. The van der Waals surface area contributed by atoms with Crippen molar-refractivity contribution in [3.05, 3.63) is 58.8 Å². The predicted molar refractivity (Wildman–Crippen MR) is 75.2 cm³/mol. The third-order valence-corrected chi connectivity index (χ3v) is 2.81. The van der Waals surface area contributed by atoms with Crippen molar-refractivity contribution >= 4 is 0 Å². The highest BCUT2D eigenvalue weighted by molar-refractivity contribution is 5.45. The maximum absolute atomic E-state index is 9.11. The molecule has 0 N–H and O–H groups in total. The van der Waals surface area contributed by atoms with Crippen molar-refractivity contribution in [3.63, 3.8) is 0 Å². The molecule has 0 unspecified atom stereocenters. The fourth-order valence-electron chi connectivity index (χ4n) is 1.87. The first-order valence-corrected chi connectivity index (χ1v) is 6.33. The van der Waals surface area contributed by atoms with Crippen molar-refractivity contribution in [1.82, 2.24) is 4.98 Å². The van der Waals surface area contributed by atoms with Crippen LogP contribution in [-0.4, -0.2) is 11.8 Å². The number of rotatable bonds is 5. The molecule has 0 spiro atoms. The summed E-state index contributed by atoms with van der Waals surface area (Å²) in [6, 6.07) is 13.8. The fraction of sp³-hybridized carbons (Fsp3) is 0.250. The highest BCUT2D eigenvalue weighted by Crippen LogP contribution is 2.19. The van der Waals surface area contributed by atoms with E-state index in [0.29, 0.717) is 18.1 Å². The van der Waals surface area contributed by atoms with Gasteiger partial charge in [-0.2, -0.15) is 5.26 Å². The number of aromatic nitrogens is 1. The zero-order valence-electron chi connectivity index (χ0n) is 11.6. The predicted octanol–water partition coefficient (Wildman–Crippen LogP) is 3.12. The lowest BCUT2D eigenvalue weighted by Crippen LogP contribution is -2.06. The van der Waals surface area contributed by atoms with E-state index in [1.54, 1.807) is 0 Å². The summed E-state index contributed by atoms with van der Waals surface area (Å²) in [5.74, 6) is 0.332. The van der Waals surface area contributed by atoms with E-state index < -0.39 is 0 Å². The molecule has 1 aromatic heterocycles. The van der Waals surface area contributed by atoms with Crippen LogP contribution < -0.4 is 4.74 Å². The van der Waals surface area contributed by atoms with Crippen molar-refractivity contribution in [1.29, 1.82) is 5.26 Å². The van der Waals surface area contributed by atoms with E-state index in [-0.39, 0.29) is 6.79 Å². The molecule has 1 heterocycles. The summed E-state index contributed by atoms with van der Waals surface area (Å²) in [5.41, 5.74) is 3.21. The largest absolute Gasteiger partial charge is 0.449 e. The molecule has 0 atom stereocenters. The topological polar surface area (TPSA) is 55.1 Å². The van der Waals surface area contributed by atoms with Gasteiger partial charge in [0.2, 0.25) is 5.88 Å². The molecule has 4 heteroatoms. The summed E-state index contributed by atoms with van der Waals surface area (Å²) in [7, 11) is 0. The monoisotopic (exact) mass is 268 g/mol. The van der Waals surface area contributed by atoms with Gasteiger partial charge in [-0.25, -0.2) is 4.98 Å². The second-order valence-corrected chi connectivity index (χ2v) is 4.47. The third-order valence-electron chi connectivity index (χ3n) is 2.81. The first kappa shape index (κ1) is 14.0. The van der Waals surface area contributed by atoms with Gasteiger partial charge in [0, 0.05) is 5.69 Å². The summed E-state index contributed by atoms with van der Waals surface area (Å²) in [4.78, 5) is 4.22. The van der Waals surface area contributed by atoms with Crippen LogP contribution in [0.15, 0.2) is 36.4 Å². The van der Waals surface area contributed by atoms with Crippen molar-refractivity contribution in [2.24, 2.45) is 0 Å². The minimum atomic E-state index is 0.0689. The molecule has 0 aliphatic rings. The van der Waals surface area contributed by atoms with Crippen LogP contribution in [0.2, 0.25) is 0 Å². The van der Waals surface area contributed by atoms with Crippen LogP contribution in [0.5, 0.6) is 5.88 Å². The van der Waals surface area contributed by atoms with E-state index in [1.165, 1.54) is 0 Å². The van der Waals surface area contributed by atoms with Crippen LogP contribution in [0, 0.1) is 25.2 Å². The molecule has 0 saturated heterocycles. The summed E-state index contributed by atoms with van der Waals surface area (Å²) in [6.07, 6.45) is 0. The molecule has 0 bridgehead atoms. The molecule has 1 aromatic carbocycles. The van der Waals surface area contributed by atoms with E-state index in [1.807, 2.05) is 50.2 Å². The van der Waals surface area contributed by atoms with E-state index in [4.69, 9.17) is 14.7 Å². The average molecular weight is 268 g/mol. The number of hydrogen-bond acceptors (Lipinski definition) is 4. The van der Waals surface area contributed by atoms with Crippen LogP contribution >= 0.6 is 0 Å². The molecule has 0 aliphatic carbocycles. The van der Waals surface area contributed by atoms with Gasteiger partial charge in [-0.05, 0) is 31.0 Å². The Labute approximate surface area is 118 Å². The molecule has 0 saturated carbocycles. The second-order valence-electron chi connectivity index (χ2n) is 4.47. The number of hydrogen-bond donors (Lipinski definition) is 0. The van der Waals surface area contributed by atoms with E-state index in [9.17, 15) is 0 Å². The zero-order chi connectivity index (χ0) is 14.4. The minimum Gasteiger partial charge on any atom is -0.449 e. The van der Waals surface area contributed by atoms with Crippen LogP contribution in [0.4, 0.5) is 0 Å². The number of ether oxygens (including phenoxy) is 2. The van der Waals surface area contributed by atoms with Gasteiger partial charge in [-0.3, -0.25) is 0 Å². The van der Waals surface area contributed by atoms with Crippen LogP contribution in [0.25, 0.3) is 0 Å². The summed E-state index contributed by atoms with van der Waals surface area (Å²) >= 11 is 0. The molecule has 4 nitrogen and oxygen atoms in total. The quantitative estimate of drug-likeness (QED) is 0.617. The SMILES string of the molecule is Cc1cc(C)c(C#N)c(OCOCc2ccccc2)n1. The second kappa shape index (κ2) is 6.69. The molecular formula is C16H16N2O2. The minimum absolute atomic E-state index is 0.0689. The molecule has 20 heavy (non-hydrogen) atoms. The first-order chi connectivity index (χ1) is 9.70. The lowest BCUT2D eigenvalue weighted by molar-refractivity contribution is 0.00230. The molecule has 2 aromatic rings. The Morgan fingerprint density at radius 2 is 1.95 bits per heavy atom. The number of pyridine rings is 1. The molecule has 0 fully saturated rings. The van der Waals surface area contributed by atoms with Crippen molar-refractivity contribution in [2.75, 3.05) is 6.79 Å². The molecule has 102 valence electrons. The Balaban J connectivity index is 1.93. The smallest absolute Gasteiger partial charge is 0.234 e. The number of nitrogens with zero attached hydrogens (tertiary/aromatic N) is 2. The maximum atomic E-state index is 9.11. The normalized spacial score (nSPS) is 10.1. The standard InChI is InChI=1S/C16H16N2O2/c1-12-8-13(2)18-16(15(12)9-17)20-11-19-10-14-6-4-3-5-7-14/h3-8H,10-11H2,1-2H3. The Bertz CT molecular complexity index is 618. The van der Waals surface area contributed by atoms with E-state index >= 15 is 0 Å². The van der Waals surface area contributed by atoms with Gasteiger partial charge in [0.15, 0.2) is 6.79 Å². The van der Waals surface area contributed by atoms with E-state index in [2.05, 4.69) is 11.1 Å². The molecule has 0 radical (unpaired) electrons. The number of aryl methyl sites for hydroxylation is 2. The molecule has 0 aliphatic heterocycles. The highest BCUT2D eigenvalue weighted by Gasteiger charge is 2.09. The van der Waals surface area contributed by atoms with Gasteiger partial charge in [0.05, 0.1) is 6.61 Å². The molecular weight excluding hydrogens is 252 g/mol. The maximum Gasteiger partial charge on any atom is 0.234 e. The van der Waals surface area contributed by atoms with Gasteiger partial charge in [-0.1, -0.05) is 30.3 Å². The lowest BCUT2D eigenvalue weighted by Gasteiger charge is -2.10. The Morgan fingerprint density at radius 1 is 1.20 bits per heavy atom. The number of nitriles is 1. The Morgan fingerprint density at radius 3 is 2.65 bits per heavy atom. The summed E-state index contributed by atoms with van der Waals surface area (Å²) in [5, 5.41) is 9.11. The average Bonchev–Trinajstić information content (AvgIpc) is 2.44. The van der Waals surface area contributed by atoms with Crippen LogP contribution in [0.1, 0.15) is 22.4 Å². The zero-order valence-corrected chi connectivity index (χ0v) is 11.6. The third kappa shape index (κ3) is 3.56. The van der Waals surface area contributed by atoms with E-state index in [0.717, 1.165) is 16.8 Å². The van der Waals surface area contributed by atoms with Crippen molar-refractivity contribution in [2.45, 2.75) is 20.5 Å². The Kier molecular flexibility index (Phi) is 4.70. The summed E-state index contributed by atoms with van der Waals surface area (Å²) in [6.45, 7) is 4.27. The molecule has 2 rings (SSSR count).